The van der Waals surface area contributed by atoms with Gasteiger partial charge >= 0.3 is 0 Å². The number of thiazole rings is 1. The molecule has 0 aliphatic carbocycles. The van der Waals surface area contributed by atoms with Crippen LogP contribution in [0.4, 0.5) is 0 Å². The third-order valence-electron chi connectivity index (χ3n) is 4.72. The number of aromatic nitrogens is 1. The molecule has 6 heteroatoms. The van der Waals surface area contributed by atoms with E-state index in [1.54, 1.807) is 11.3 Å². The summed E-state index contributed by atoms with van der Waals surface area (Å²) in [7, 11) is 0. The zero-order chi connectivity index (χ0) is 18.7. The minimum Gasteiger partial charge on any atom is -0.311 e. The summed E-state index contributed by atoms with van der Waals surface area (Å²) in [5.41, 5.74) is 6.17. The number of amides is 1. The van der Waals surface area contributed by atoms with E-state index < -0.39 is 0 Å². The topological polar surface area (TPSA) is 57.6 Å². The maximum absolute atomic E-state index is 11.1. The molecule has 0 spiro atoms. The molecule has 1 amide bonds. The van der Waals surface area contributed by atoms with Crippen molar-refractivity contribution in [3.8, 4) is 0 Å². The number of hydrogen-bond donors (Lipinski definition) is 1. The molecule has 2 heterocycles. The van der Waals surface area contributed by atoms with Crippen LogP contribution < -0.4 is 5.32 Å². The van der Waals surface area contributed by atoms with Crippen LogP contribution in [-0.4, -0.2) is 34.6 Å². The van der Waals surface area contributed by atoms with Gasteiger partial charge in [-0.1, -0.05) is 19.2 Å². The maximum atomic E-state index is 11.1. The van der Waals surface area contributed by atoms with Gasteiger partial charge in [0.05, 0.1) is 15.7 Å². The fourth-order valence-corrected chi connectivity index (χ4v) is 3.88. The Labute approximate surface area is 158 Å². The molecule has 26 heavy (non-hydrogen) atoms. The Hall–Kier alpha value is -2.31. The van der Waals surface area contributed by atoms with Crippen LogP contribution in [0.3, 0.4) is 0 Å². The monoisotopic (exact) mass is 368 g/mol. The first kappa shape index (κ1) is 18.5. The average Bonchev–Trinajstić information content (AvgIpc) is 2.99. The fraction of sp³-hybridized carbons (Fsp3) is 0.350. The fourth-order valence-electron chi connectivity index (χ4n) is 3.22. The molecule has 0 radical (unpaired) electrons. The molecule has 3 rings (SSSR count). The molecule has 1 fully saturated rings. The predicted octanol–water partition coefficient (Wildman–Crippen LogP) is 4.06. The largest absolute Gasteiger partial charge is 0.311 e. The molecule has 1 aliphatic rings. The molecule has 0 bridgehead atoms. The van der Waals surface area contributed by atoms with Crippen LogP contribution >= 0.6 is 11.3 Å². The Morgan fingerprint density at radius 2 is 2.15 bits per heavy atom. The van der Waals surface area contributed by atoms with E-state index in [0.29, 0.717) is 11.9 Å². The highest BCUT2D eigenvalue weighted by atomic mass is 32.1. The van der Waals surface area contributed by atoms with Crippen molar-refractivity contribution in [2.45, 2.75) is 32.7 Å². The lowest BCUT2D eigenvalue weighted by molar-refractivity contribution is -0.118. The number of likely N-dealkylation sites (tertiary alicyclic amines) is 1. The number of carbonyl (C=O) groups excluding carboxylic acids is 1. The normalized spacial score (nSPS) is 18.7. The number of benzene rings is 1. The maximum Gasteiger partial charge on any atom is 0.222 e. The molecular formula is C20H24N4OS. The molecule has 1 N–H and O–H groups in total. The number of hydrogen-bond acceptors (Lipinski definition) is 5. The molecule has 1 aromatic heterocycles. The highest BCUT2D eigenvalue weighted by Crippen LogP contribution is 2.28. The standard InChI is InChI=1S/C20H24N4OS/c1-13-7-9-24(10-8-18(13)23-15(3)22-16(4)25)14(2)17-5-6-20-19(11-17)21-12-26-20/h5-6,11-12,14H,1,3,7-10H2,2,4H3,(H,22,25)/b23-18-/t14-/m1/s1. The summed E-state index contributed by atoms with van der Waals surface area (Å²) in [5, 5.41) is 2.62. The average molecular weight is 369 g/mol. The summed E-state index contributed by atoms with van der Waals surface area (Å²) in [6.45, 7) is 13.5. The van der Waals surface area contributed by atoms with Gasteiger partial charge in [0.2, 0.25) is 5.91 Å². The molecule has 2 aromatic rings. The highest BCUT2D eigenvalue weighted by Gasteiger charge is 2.21. The van der Waals surface area contributed by atoms with Crippen LogP contribution in [0.2, 0.25) is 0 Å². The summed E-state index contributed by atoms with van der Waals surface area (Å²) in [4.78, 5) is 22.5. The second-order valence-corrected chi connectivity index (χ2v) is 7.47. The van der Waals surface area contributed by atoms with Gasteiger partial charge in [-0.3, -0.25) is 9.69 Å². The van der Waals surface area contributed by atoms with Crippen LogP contribution in [0.1, 0.15) is 38.3 Å². The first-order valence-corrected chi connectivity index (χ1v) is 9.61. The van der Waals surface area contributed by atoms with Crippen LogP contribution in [0, 0.1) is 0 Å². The first-order valence-electron chi connectivity index (χ1n) is 8.73. The van der Waals surface area contributed by atoms with Crippen LogP contribution in [-0.2, 0) is 4.79 Å². The number of fused-ring (bicyclic) bond motifs is 1. The van der Waals surface area contributed by atoms with E-state index >= 15 is 0 Å². The van der Waals surface area contributed by atoms with E-state index in [1.165, 1.54) is 17.2 Å². The van der Waals surface area contributed by atoms with Gasteiger partial charge in [-0.25, -0.2) is 9.98 Å². The van der Waals surface area contributed by atoms with Gasteiger partial charge in [0.15, 0.2) is 0 Å². The molecular weight excluding hydrogens is 344 g/mol. The molecule has 1 saturated heterocycles. The van der Waals surface area contributed by atoms with Crippen LogP contribution in [0.15, 0.2) is 53.3 Å². The van der Waals surface area contributed by atoms with Gasteiger partial charge < -0.3 is 5.32 Å². The number of nitrogens with one attached hydrogen (secondary N) is 1. The molecule has 1 atom stereocenters. The van der Waals surface area contributed by atoms with Crippen molar-refractivity contribution in [3.05, 3.63) is 53.8 Å². The number of carbonyl (C=O) groups is 1. The quantitative estimate of drug-likeness (QED) is 0.885. The Balaban J connectivity index is 1.72. The summed E-state index contributed by atoms with van der Waals surface area (Å²) < 4.78 is 1.22. The van der Waals surface area contributed by atoms with Crippen molar-refractivity contribution in [1.29, 1.82) is 0 Å². The number of aliphatic imine (C=N–C) groups is 1. The van der Waals surface area contributed by atoms with Gasteiger partial charge in [-0.15, -0.1) is 11.3 Å². The van der Waals surface area contributed by atoms with Crippen molar-refractivity contribution >= 4 is 33.2 Å². The smallest absolute Gasteiger partial charge is 0.222 e. The zero-order valence-corrected chi connectivity index (χ0v) is 16.1. The Morgan fingerprint density at radius 1 is 1.38 bits per heavy atom. The van der Waals surface area contributed by atoms with Gasteiger partial charge in [0, 0.05) is 38.2 Å². The highest BCUT2D eigenvalue weighted by molar-refractivity contribution is 7.16. The lowest BCUT2D eigenvalue weighted by Crippen LogP contribution is -2.28. The van der Waals surface area contributed by atoms with E-state index in [4.69, 9.17) is 0 Å². The molecule has 5 nitrogen and oxygen atoms in total. The van der Waals surface area contributed by atoms with Gasteiger partial charge in [-0.2, -0.15) is 0 Å². The van der Waals surface area contributed by atoms with Gasteiger partial charge in [-0.05, 0) is 36.6 Å². The van der Waals surface area contributed by atoms with Crippen molar-refractivity contribution in [1.82, 2.24) is 15.2 Å². The molecule has 0 saturated carbocycles. The molecule has 1 aromatic carbocycles. The summed E-state index contributed by atoms with van der Waals surface area (Å²) in [6, 6.07) is 6.83. The third-order valence-corrected chi connectivity index (χ3v) is 5.53. The van der Waals surface area contributed by atoms with E-state index in [2.05, 4.69) is 58.5 Å². The van der Waals surface area contributed by atoms with Crippen LogP contribution in [0.5, 0.6) is 0 Å². The third kappa shape index (κ3) is 4.26. The summed E-state index contributed by atoms with van der Waals surface area (Å²) in [5.74, 6) is 0.218. The SMILES string of the molecule is C=C(/N=C1/CCN([C@H](C)c2ccc3scnc3c2)CCC1=C)NC(C)=O. The van der Waals surface area contributed by atoms with Crippen molar-refractivity contribution in [3.63, 3.8) is 0 Å². The number of nitrogens with zero attached hydrogens (tertiary/aromatic N) is 3. The molecule has 1 aliphatic heterocycles. The zero-order valence-electron chi connectivity index (χ0n) is 15.3. The van der Waals surface area contributed by atoms with Crippen molar-refractivity contribution in [2.75, 3.05) is 13.1 Å². The minimum absolute atomic E-state index is 0.161. The second-order valence-electron chi connectivity index (χ2n) is 6.58. The van der Waals surface area contributed by atoms with Crippen LogP contribution in [0.25, 0.3) is 10.2 Å². The van der Waals surface area contributed by atoms with E-state index in [-0.39, 0.29) is 5.91 Å². The number of rotatable bonds is 4. The Morgan fingerprint density at radius 3 is 2.92 bits per heavy atom. The van der Waals surface area contributed by atoms with Crippen molar-refractivity contribution < 1.29 is 4.79 Å². The minimum atomic E-state index is -0.161. The molecule has 0 unspecified atom stereocenters. The van der Waals surface area contributed by atoms with E-state index in [0.717, 1.165) is 42.7 Å². The summed E-state index contributed by atoms with van der Waals surface area (Å²) in [6.07, 6.45) is 1.65. The van der Waals surface area contributed by atoms with E-state index in [1.807, 2.05) is 5.51 Å². The lowest BCUT2D eigenvalue weighted by Gasteiger charge is -2.27. The molecule has 136 valence electrons. The van der Waals surface area contributed by atoms with Crippen molar-refractivity contribution in [2.24, 2.45) is 4.99 Å². The predicted molar refractivity (Wildman–Crippen MR) is 108 cm³/mol. The summed E-state index contributed by atoms with van der Waals surface area (Å²) >= 11 is 1.67. The Kier molecular flexibility index (Phi) is 5.64. The van der Waals surface area contributed by atoms with Gasteiger partial charge in [0.25, 0.3) is 0 Å². The lowest BCUT2D eigenvalue weighted by atomic mass is 10.1. The first-order chi connectivity index (χ1) is 12.4. The van der Waals surface area contributed by atoms with E-state index in [9.17, 15) is 4.79 Å². The Bertz CT molecular complexity index is 883. The second kappa shape index (κ2) is 7.93. The van der Waals surface area contributed by atoms with Gasteiger partial charge in [0.1, 0.15) is 5.82 Å².